The third-order valence-electron chi connectivity index (χ3n) is 3.59. The van der Waals surface area contributed by atoms with Gasteiger partial charge in [0, 0.05) is 17.1 Å². The number of aromatic amines is 1. The number of aromatic hydroxyl groups is 1. The van der Waals surface area contributed by atoms with E-state index in [0.29, 0.717) is 6.54 Å². The first-order chi connectivity index (χ1) is 10.1. The van der Waals surface area contributed by atoms with Crippen molar-refractivity contribution in [2.75, 3.05) is 0 Å². The molecule has 0 fully saturated rings. The lowest BCUT2D eigenvalue weighted by Gasteiger charge is -1.97. The Kier molecular flexibility index (Phi) is 3.48. The molecule has 1 aromatic heterocycles. The van der Waals surface area contributed by atoms with Crippen molar-refractivity contribution in [2.45, 2.75) is 20.4 Å². The molecular formula is C18H18N2O. The largest absolute Gasteiger partial charge is 0.494 e. The lowest BCUT2D eigenvalue weighted by molar-refractivity contribution is 0.457. The predicted octanol–water partition coefficient (Wildman–Crippen LogP) is 4.11. The number of hydrogen-bond donors (Lipinski definition) is 2. The van der Waals surface area contributed by atoms with Crippen LogP contribution >= 0.6 is 0 Å². The average Bonchev–Trinajstić information content (AvgIpc) is 2.76. The van der Waals surface area contributed by atoms with Crippen LogP contribution in [0.5, 0.6) is 5.88 Å². The highest BCUT2D eigenvalue weighted by Gasteiger charge is 2.08. The van der Waals surface area contributed by atoms with Crippen LogP contribution in [0, 0.1) is 13.8 Å². The zero-order chi connectivity index (χ0) is 14.8. The van der Waals surface area contributed by atoms with Gasteiger partial charge in [-0.2, -0.15) is 0 Å². The summed E-state index contributed by atoms with van der Waals surface area (Å²) in [4.78, 5) is 7.43. The van der Waals surface area contributed by atoms with Crippen LogP contribution in [-0.4, -0.2) is 16.3 Å². The van der Waals surface area contributed by atoms with E-state index < -0.39 is 0 Å². The van der Waals surface area contributed by atoms with E-state index in [2.05, 4.69) is 41.2 Å². The van der Waals surface area contributed by atoms with E-state index in [1.807, 2.05) is 25.1 Å². The molecule has 0 spiro atoms. The Bertz CT molecular complexity index is 798. The fourth-order valence-corrected chi connectivity index (χ4v) is 2.39. The molecule has 21 heavy (non-hydrogen) atoms. The van der Waals surface area contributed by atoms with E-state index in [-0.39, 0.29) is 5.88 Å². The Morgan fingerprint density at radius 1 is 1.05 bits per heavy atom. The van der Waals surface area contributed by atoms with Crippen molar-refractivity contribution in [1.82, 2.24) is 4.98 Å². The number of hydrogen-bond acceptors (Lipinski definition) is 2. The van der Waals surface area contributed by atoms with Gasteiger partial charge in [0.05, 0.1) is 12.1 Å². The van der Waals surface area contributed by atoms with Crippen LogP contribution in [0.2, 0.25) is 0 Å². The van der Waals surface area contributed by atoms with Gasteiger partial charge in [-0.15, -0.1) is 0 Å². The van der Waals surface area contributed by atoms with Crippen LogP contribution in [0.25, 0.3) is 10.9 Å². The van der Waals surface area contributed by atoms with Crippen molar-refractivity contribution in [3.05, 3.63) is 64.7 Å². The third-order valence-corrected chi connectivity index (χ3v) is 3.59. The summed E-state index contributed by atoms with van der Waals surface area (Å²) >= 11 is 0. The number of aromatic nitrogens is 1. The molecule has 0 bridgehead atoms. The summed E-state index contributed by atoms with van der Waals surface area (Å²) in [5, 5.41) is 11.0. The van der Waals surface area contributed by atoms with E-state index in [1.165, 1.54) is 5.56 Å². The second kappa shape index (κ2) is 5.44. The minimum Gasteiger partial charge on any atom is -0.494 e. The summed E-state index contributed by atoms with van der Waals surface area (Å²) in [6.07, 6.45) is 1.74. The summed E-state index contributed by atoms with van der Waals surface area (Å²) in [6, 6.07) is 14.4. The van der Waals surface area contributed by atoms with Crippen LogP contribution in [0.1, 0.15) is 22.3 Å². The van der Waals surface area contributed by atoms with Gasteiger partial charge in [-0.3, -0.25) is 4.99 Å². The first-order valence-corrected chi connectivity index (χ1v) is 7.00. The number of rotatable bonds is 3. The van der Waals surface area contributed by atoms with Crippen LogP contribution in [-0.2, 0) is 6.54 Å². The predicted molar refractivity (Wildman–Crippen MR) is 87.2 cm³/mol. The number of aliphatic imine (C=N–C) groups is 1. The number of nitrogens with zero attached hydrogens (tertiary/aromatic N) is 1. The summed E-state index contributed by atoms with van der Waals surface area (Å²) in [6.45, 7) is 4.71. The summed E-state index contributed by atoms with van der Waals surface area (Å²) in [5.41, 5.74) is 5.24. The fourth-order valence-electron chi connectivity index (χ4n) is 2.39. The SMILES string of the molecule is Cc1ccc(CN=Cc2c(O)[nH]c3cc(C)ccc23)cc1. The van der Waals surface area contributed by atoms with E-state index in [1.54, 1.807) is 6.21 Å². The topological polar surface area (TPSA) is 48.4 Å². The van der Waals surface area contributed by atoms with Gasteiger partial charge in [0.1, 0.15) is 0 Å². The smallest absolute Gasteiger partial charge is 0.198 e. The van der Waals surface area contributed by atoms with Crippen molar-refractivity contribution in [1.29, 1.82) is 0 Å². The van der Waals surface area contributed by atoms with Gasteiger partial charge in [0.15, 0.2) is 5.88 Å². The standard InChI is InChI=1S/C18H18N2O/c1-12-3-6-14(7-4-12)10-19-11-16-15-8-5-13(2)9-17(15)20-18(16)21/h3-9,11,20-21H,10H2,1-2H3. The first-order valence-electron chi connectivity index (χ1n) is 7.00. The fraction of sp³-hybridized carbons (Fsp3) is 0.167. The molecular weight excluding hydrogens is 260 g/mol. The molecule has 3 rings (SSSR count). The molecule has 0 aliphatic heterocycles. The molecule has 0 atom stereocenters. The van der Waals surface area contributed by atoms with Crippen LogP contribution in [0.4, 0.5) is 0 Å². The van der Waals surface area contributed by atoms with E-state index in [4.69, 9.17) is 0 Å². The zero-order valence-corrected chi connectivity index (χ0v) is 12.2. The Labute approximate surface area is 124 Å². The Morgan fingerprint density at radius 2 is 1.76 bits per heavy atom. The molecule has 0 aliphatic rings. The molecule has 0 aliphatic carbocycles. The Balaban J connectivity index is 1.85. The monoisotopic (exact) mass is 278 g/mol. The minimum absolute atomic E-state index is 0.170. The second-order valence-electron chi connectivity index (χ2n) is 5.39. The lowest BCUT2D eigenvalue weighted by atomic mass is 10.1. The number of aryl methyl sites for hydroxylation is 2. The molecule has 3 aromatic rings. The molecule has 3 heteroatoms. The summed E-state index contributed by atoms with van der Waals surface area (Å²) in [5.74, 6) is 0.170. The van der Waals surface area contributed by atoms with Crippen LogP contribution < -0.4 is 0 Å². The second-order valence-corrected chi connectivity index (χ2v) is 5.39. The highest BCUT2D eigenvalue weighted by molar-refractivity contribution is 6.02. The summed E-state index contributed by atoms with van der Waals surface area (Å²) in [7, 11) is 0. The number of nitrogens with one attached hydrogen (secondary N) is 1. The van der Waals surface area contributed by atoms with Crippen molar-refractivity contribution in [3.8, 4) is 5.88 Å². The summed E-state index contributed by atoms with van der Waals surface area (Å²) < 4.78 is 0. The maximum absolute atomic E-state index is 10.0. The third kappa shape index (κ3) is 2.82. The van der Waals surface area contributed by atoms with Gasteiger partial charge in [0.2, 0.25) is 0 Å². The quantitative estimate of drug-likeness (QED) is 0.696. The molecule has 106 valence electrons. The van der Waals surface area contributed by atoms with Crippen LogP contribution in [0.3, 0.4) is 0 Å². The van der Waals surface area contributed by atoms with Gasteiger partial charge in [-0.05, 0) is 31.0 Å². The minimum atomic E-state index is 0.170. The highest BCUT2D eigenvalue weighted by atomic mass is 16.3. The normalized spacial score (nSPS) is 11.5. The first kappa shape index (κ1) is 13.4. The van der Waals surface area contributed by atoms with E-state index in [9.17, 15) is 5.11 Å². The molecule has 0 amide bonds. The maximum atomic E-state index is 10.0. The van der Waals surface area contributed by atoms with E-state index >= 15 is 0 Å². The average molecular weight is 278 g/mol. The molecule has 0 radical (unpaired) electrons. The van der Waals surface area contributed by atoms with Crippen molar-refractivity contribution in [3.63, 3.8) is 0 Å². The lowest BCUT2D eigenvalue weighted by Crippen LogP contribution is -1.85. The van der Waals surface area contributed by atoms with Gasteiger partial charge in [-0.1, -0.05) is 42.0 Å². The molecule has 0 unspecified atom stereocenters. The zero-order valence-electron chi connectivity index (χ0n) is 12.2. The molecule has 0 saturated carbocycles. The molecule has 3 nitrogen and oxygen atoms in total. The van der Waals surface area contributed by atoms with Gasteiger partial charge in [-0.25, -0.2) is 0 Å². The van der Waals surface area contributed by atoms with Crippen LogP contribution in [0.15, 0.2) is 47.5 Å². The molecule has 0 saturated heterocycles. The van der Waals surface area contributed by atoms with Crippen molar-refractivity contribution in [2.24, 2.45) is 4.99 Å². The Morgan fingerprint density at radius 3 is 2.52 bits per heavy atom. The van der Waals surface area contributed by atoms with Crippen molar-refractivity contribution < 1.29 is 5.11 Å². The molecule has 2 aromatic carbocycles. The number of benzene rings is 2. The van der Waals surface area contributed by atoms with Gasteiger partial charge in [0.25, 0.3) is 0 Å². The molecule has 1 heterocycles. The highest BCUT2D eigenvalue weighted by Crippen LogP contribution is 2.26. The molecule has 2 N–H and O–H groups in total. The van der Waals surface area contributed by atoms with Gasteiger partial charge >= 0.3 is 0 Å². The van der Waals surface area contributed by atoms with E-state index in [0.717, 1.165) is 27.6 Å². The Hall–Kier alpha value is -2.55. The van der Waals surface area contributed by atoms with Gasteiger partial charge < -0.3 is 10.1 Å². The maximum Gasteiger partial charge on any atom is 0.198 e. The number of fused-ring (bicyclic) bond motifs is 1. The van der Waals surface area contributed by atoms with Crippen molar-refractivity contribution >= 4 is 17.1 Å². The number of H-pyrrole nitrogens is 1.